The minimum Gasteiger partial charge on any atom is -0.341 e. The number of hydrogen-bond acceptors (Lipinski definition) is 3. The monoisotopic (exact) mass is 239 g/mol. The van der Waals surface area contributed by atoms with Crippen LogP contribution in [0.4, 0.5) is 0 Å². The zero-order valence-corrected chi connectivity index (χ0v) is 10.9. The summed E-state index contributed by atoms with van der Waals surface area (Å²) in [5.41, 5.74) is 5.92. The Labute approximate surface area is 104 Å². The summed E-state index contributed by atoms with van der Waals surface area (Å²) in [5.74, 6) is 0.337. The minimum absolute atomic E-state index is 0.337. The van der Waals surface area contributed by atoms with E-state index in [1.165, 1.54) is 0 Å². The highest BCUT2D eigenvalue weighted by atomic mass is 16.2. The Morgan fingerprint density at radius 3 is 2.59 bits per heavy atom. The fourth-order valence-electron chi connectivity index (χ4n) is 2.92. The van der Waals surface area contributed by atoms with E-state index in [9.17, 15) is 4.79 Å². The van der Waals surface area contributed by atoms with E-state index < -0.39 is 0 Å². The van der Waals surface area contributed by atoms with E-state index in [1.807, 2.05) is 4.90 Å². The number of hydrogen-bond donors (Lipinski definition) is 1. The van der Waals surface area contributed by atoms with Crippen molar-refractivity contribution in [2.75, 3.05) is 26.2 Å². The van der Waals surface area contributed by atoms with Gasteiger partial charge in [0.15, 0.2) is 0 Å². The summed E-state index contributed by atoms with van der Waals surface area (Å²) < 4.78 is 0. The lowest BCUT2D eigenvalue weighted by atomic mass is 10.0. The van der Waals surface area contributed by atoms with Gasteiger partial charge < -0.3 is 10.6 Å². The minimum atomic E-state index is 0.337. The molecule has 98 valence electrons. The second-order valence-corrected chi connectivity index (χ2v) is 5.41. The predicted molar refractivity (Wildman–Crippen MR) is 68.7 cm³/mol. The van der Waals surface area contributed by atoms with Crippen molar-refractivity contribution in [1.29, 1.82) is 0 Å². The van der Waals surface area contributed by atoms with E-state index in [1.54, 1.807) is 0 Å². The van der Waals surface area contributed by atoms with Crippen molar-refractivity contribution >= 4 is 5.91 Å². The molecule has 0 aromatic heterocycles. The normalized spacial score (nSPS) is 27.6. The fourth-order valence-corrected chi connectivity index (χ4v) is 2.92. The van der Waals surface area contributed by atoms with E-state index in [0.29, 0.717) is 24.4 Å². The molecule has 2 saturated heterocycles. The number of rotatable bonds is 3. The van der Waals surface area contributed by atoms with Gasteiger partial charge in [0.1, 0.15) is 0 Å². The third-order valence-corrected chi connectivity index (χ3v) is 4.07. The molecule has 2 fully saturated rings. The van der Waals surface area contributed by atoms with E-state index >= 15 is 0 Å². The highest BCUT2D eigenvalue weighted by Crippen LogP contribution is 2.20. The molecule has 0 aromatic carbocycles. The van der Waals surface area contributed by atoms with Crippen molar-refractivity contribution in [2.45, 2.75) is 51.1 Å². The number of amides is 1. The van der Waals surface area contributed by atoms with Crippen LogP contribution >= 0.6 is 0 Å². The zero-order chi connectivity index (χ0) is 12.3. The van der Waals surface area contributed by atoms with Crippen LogP contribution in [-0.4, -0.2) is 54.0 Å². The molecule has 1 unspecified atom stereocenters. The van der Waals surface area contributed by atoms with Crippen LogP contribution in [0.3, 0.4) is 0 Å². The van der Waals surface area contributed by atoms with Crippen molar-refractivity contribution in [2.24, 2.45) is 5.73 Å². The van der Waals surface area contributed by atoms with Gasteiger partial charge in [0.2, 0.25) is 5.91 Å². The molecule has 0 bridgehead atoms. The third-order valence-electron chi connectivity index (χ3n) is 4.07. The fraction of sp³-hybridized carbons (Fsp3) is 0.923. The summed E-state index contributed by atoms with van der Waals surface area (Å²) in [7, 11) is 0. The first-order valence-electron chi connectivity index (χ1n) is 6.98. The molecular weight excluding hydrogens is 214 g/mol. The lowest BCUT2D eigenvalue weighted by Gasteiger charge is -2.34. The second-order valence-electron chi connectivity index (χ2n) is 5.41. The lowest BCUT2D eigenvalue weighted by Crippen LogP contribution is -2.46. The second kappa shape index (κ2) is 5.83. The maximum Gasteiger partial charge on any atom is 0.222 e. The number of carbonyl (C=O) groups excluding carboxylic acids is 1. The standard InChI is InChI=1S/C13H25N3O/c1-2-3-13(17)16-9-6-12(10-16)15-7-4-11(14)5-8-15/h11-12H,2-10,14H2,1H3. The highest BCUT2D eigenvalue weighted by Gasteiger charge is 2.31. The van der Waals surface area contributed by atoms with Crippen LogP contribution in [0.15, 0.2) is 0 Å². The van der Waals surface area contributed by atoms with Gasteiger partial charge in [-0.1, -0.05) is 6.92 Å². The van der Waals surface area contributed by atoms with Crippen LogP contribution in [0.2, 0.25) is 0 Å². The molecule has 0 radical (unpaired) electrons. The molecule has 1 amide bonds. The van der Waals surface area contributed by atoms with Crippen molar-refractivity contribution < 1.29 is 4.79 Å². The Morgan fingerprint density at radius 2 is 1.94 bits per heavy atom. The SMILES string of the molecule is CCCC(=O)N1CCC(N2CCC(N)CC2)C1. The predicted octanol–water partition coefficient (Wildman–Crippen LogP) is 0.811. The number of likely N-dealkylation sites (tertiary alicyclic amines) is 2. The van der Waals surface area contributed by atoms with Crippen LogP contribution in [0.1, 0.15) is 39.0 Å². The zero-order valence-electron chi connectivity index (χ0n) is 10.9. The van der Waals surface area contributed by atoms with Gasteiger partial charge in [-0.05, 0) is 38.8 Å². The van der Waals surface area contributed by atoms with Gasteiger partial charge in [-0.2, -0.15) is 0 Å². The van der Waals surface area contributed by atoms with Gasteiger partial charge in [0.25, 0.3) is 0 Å². The molecule has 0 saturated carbocycles. The topological polar surface area (TPSA) is 49.6 Å². The molecule has 17 heavy (non-hydrogen) atoms. The summed E-state index contributed by atoms with van der Waals surface area (Å²) in [5, 5.41) is 0. The summed E-state index contributed by atoms with van der Waals surface area (Å²) in [6.45, 7) is 6.18. The molecule has 4 heteroatoms. The molecule has 4 nitrogen and oxygen atoms in total. The van der Waals surface area contributed by atoms with Crippen LogP contribution in [0.5, 0.6) is 0 Å². The molecule has 0 aliphatic carbocycles. The van der Waals surface area contributed by atoms with Gasteiger partial charge in [-0.25, -0.2) is 0 Å². The number of nitrogens with zero attached hydrogens (tertiary/aromatic N) is 2. The molecule has 1 atom stereocenters. The Hall–Kier alpha value is -0.610. The average molecular weight is 239 g/mol. The van der Waals surface area contributed by atoms with Crippen molar-refractivity contribution in [3.8, 4) is 0 Å². The van der Waals surface area contributed by atoms with Crippen LogP contribution < -0.4 is 5.73 Å². The summed E-state index contributed by atoms with van der Waals surface area (Å²) in [6.07, 6.45) is 5.03. The third kappa shape index (κ3) is 3.19. The summed E-state index contributed by atoms with van der Waals surface area (Å²) >= 11 is 0. The molecule has 2 heterocycles. The smallest absolute Gasteiger partial charge is 0.222 e. The summed E-state index contributed by atoms with van der Waals surface area (Å²) in [6, 6.07) is 0.980. The van der Waals surface area contributed by atoms with Gasteiger partial charge in [0.05, 0.1) is 0 Å². The maximum atomic E-state index is 11.8. The quantitative estimate of drug-likeness (QED) is 0.793. The molecule has 2 N–H and O–H groups in total. The molecule has 0 spiro atoms. The van der Waals surface area contributed by atoms with Gasteiger partial charge in [0, 0.05) is 31.6 Å². The molecular formula is C13H25N3O. The molecule has 2 rings (SSSR count). The molecule has 0 aromatic rings. The summed E-state index contributed by atoms with van der Waals surface area (Å²) in [4.78, 5) is 16.4. The van der Waals surface area contributed by atoms with Crippen molar-refractivity contribution in [3.63, 3.8) is 0 Å². The Kier molecular flexibility index (Phi) is 4.40. The van der Waals surface area contributed by atoms with Crippen molar-refractivity contribution in [1.82, 2.24) is 9.80 Å². The van der Waals surface area contributed by atoms with Gasteiger partial charge in [-0.3, -0.25) is 9.69 Å². The average Bonchev–Trinajstić information content (AvgIpc) is 2.80. The van der Waals surface area contributed by atoms with E-state index in [0.717, 1.165) is 51.9 Å². The first kappa shape index (κ1) is 12.8. The van der Waals surface area contributed by atoms with Crippen LogP contribution in [0.25, 0.3) is 0 Å². The number of piperidine rings is 1. The number of nitrogens with two attached hydrogens (primary N) is 1. The van der Waals surface area contributed by atoms with Crippen molar-refractivity contribution in [3.05, 3.63) is 0 Å². The molecule has 2 aliphatic rings. The Bertz CT molecular complexity index is 261. The molecule has 2 aliphatic heterocycles. The first-order chi connectivity index (χ1) is 8.20. The van der Waals surface area contributed by atoms with Crippen LogP contribution in [-0.2, 0) is 4.79 Å². The maximum absolute atomic E-state index is 11.8. The van der Waals surface area contributed by atoms with Gasteiger partial charge >= 0.3 is 0 Å². The van der Waals surface area contributed by atoms with Gasteiger partial charge in [-0.15, -0.1) is 0 Å². The number of carbonyl (C=O) groups is 1. The highest BCUT2D eigenvalue weighted by molar-refractivity contribution is 5.76. The Balaban J connectivity index is 1.79. The van der Waals surface area contributed by atoms with E-state index in [-0.39, 0.29) is 0 Å². The lowest BCUT2D eigenvalue weighted by molar-refractivity contribution is -0.130. The van der Waals surface area contributed by atoms with E-state index in [4.69, 9.17) is 5.73 Å². The Morgan fingerprint density at radius 1 is 1.24 bits per heavy atom. The van der Waals surface area contributed by atoms with Crippen LogP contribution in [0, 0.1) is 0 Å². The largest absolute Gasteiger partial charge is 0.341 e. The first-order valence-corrected chi connectivity index (χ1v) is 6.98. The van der Waals surface area contributed by atoms with E-state index in [2.05, 4.69) is 11.8 Å².